The second kappa shape index (κ2) is 5.85. The summed E-state index contributed by atoms with van der Waals surface area (Å²) in [5.41, 5.74) is 2.21. The minimum Gasteiger partial charge on any atom is -0.294 e. The van der Waals surface area contributed by atoms with Gasteiger partial charge in [-0.25, -0.2) is 4.39 Å². The summed E-state index contributed by atoms with van der Waals surface area (Å²) in [4.78, 5) is 12.2. The number of ketones is 1. The lowest BCUT2D eigenvalue weighted by Gasteiger charge is -2.07. The van der Waals surface area contributed by atoms with E-state index in [0.29, 0.717) is 11.1 Å². The van der Waals surface area contributed by atoms with Crippen molar-refractivity contribution in [3.05, 3.63) is 68.4 Å². The van der Waals surface area contributed by atoms with E-state index in [1.807, 2.05) is 19.1 Å². The van der Waals surface area contributed by atoms with Gasteiger partial charge in [0.2, 0.25) is 0 Å². The van der Waals surface area contributed by atoms with Crippen molar-refractivity contribution in [2.24, 2.45) is 0 Å². The Morgan fingerprint density at radius 3 is 2.74 bits per heavy atom. The zero-order valence-electron chi connectivity index (χ0n) is 10.2. The quantitative estimate of drug-likeness (QED) is 0.720. The van der Waals surface area contributed by atoms with Crippen LogP contribution in [0.15, 0.2) is 40.9 Å². The third-order valence-corrected chi connectivity index (χ3v) is 4.20. The lowest BCUT2D eigenvalue weighted by molar-refractivity contribution is 0.0992. The van der Waals surface area contributed by atoms with Gasteiger partial charge in [0.15, 0.2) is 5.78 Å². The highest BCUT2D eigenvalue weighted by Crippen LogP contribution is 2.23. The van der Waals surface area contributed by atoms with Crippen LogP contribution >= 0.6 is 27.5 Å². The molecule has 0 aliphatic carbocycles. The van der Waals surface area contributed by atoms with E-state index in [1.54, 1.807) is 12.1 Å². The smallest absolute Gasteiger partial charge is 0.168 e. The summed E-state index contributed by atoms with van der Waals surface area (Å²) in [7, 11) is 0. The molecule has 0 aromatic heterocycles. The van der Waals surface area contributed by atoms with Crippen LogP contribution in [0.1, 0.15) is 21.5 Å². The molecule has 2 aromatic carbocycles. The zero-order chi connectivity index (χ0) is 14.0. The second-order valence-corrected chi connectivity index (χ2v) is 5.49. The molecule has 0 amide bonds. The van der Waals surface area contributed by atoms with E-state index < -0.39 is 5.82 Å². The van der Waals surface area contributed by atoms with E-state index in [4.69, 9.17) is 11.6 Å². The maximum absolute atomic E-state index is 13.3. The molecule has 19 heavy (non-hydrogen) atoms. The second-order valence-electron chi connectivity index (χ2n) is 4.28. The number of carbonyl (C=O) groups excluding carboxylic acids is 1. The summed E-state index contributed by atoms with van der Waals surface area (Å²) in [5, 5.41) is 0.0629. The molecule has 0 aliphatic heterocycles. The standard InChI is InChI=1S/C15H11BrClFO/c1-9-3-2-4-11(15(9)16)14(19)8-10-5-6-12(17)13(18)7-10/h2-7H,8H2,1H3. The number of carbonyl (C=O) groups is 1. The summed E-state index contributed by atoms with van der Waals surface area (Å²) < 4.78 is 14.1. The predicted molar refractivity (Wildman–Crippen MR) is 78.3 cm³/mol. The van der Waals surface area contributed by atoms with Crippen molar-refractivity contribution in [3.8, 4) is 0 Å². The van der Waals surface area contributed by atoms with Gasteiger partial charge in [-0.1, -0.05) is 35.9 Å². The predicted octanol–water partition coefficient (Wildman–Crippen LogP) is 4.98. The number of Topliss-reactive ketones (excluding diaryl/α,β-unsaturated/α-hetero) is 1. The molecule has 0 saturated heterocycles. The number of hydrogen-bond acceptors (Lipinski definition) is 1. The van der Waals surface area contributed by atoms with Crippen molar-refractivity contribution in [2.45, 2.75) is 13.3 Å². The molecule has 0 spiro atoms. The Kier molecular flexibility index (Phi) is 4.38. The molecule has 0 N–H and O–H groups in total. The number of benzene rings is 2. The van der Waals surface area contributed by atoms with Crippen LogP contribution in [0.3, 0.4) is 0 Å². The zero-order valence-corrected chi connectivity index (χ0v) is 12.6. The first-order valence-electron chi connectivity index (χ1n) is 5.71. The van der Waals surface area contributed by atoms with Crippen molar-refractivity contribution in [1.82, 2.24) is 0 Å². The van der Waals surface area contributed by atoms with Gasteiger partial charge in [0.1, 0.15) is 5.82 Å². The summed E-state index contributed by atoms with van der Waals surface area (Å²) >= 11 is 9.02. The molecular formula is C15H11BrClFO. The molecular weight excluding hydrogens is 331 g/mol. The fraction of sp³-hybridized carbons (Fsp3) is 0.133. The van der Waals surface area contributed by atoms with E-state index >= 15 is 0 Å². The highest BCUT2D eigenvalue weighted by Gasteiger charge is 2.13. The Bertz CT molecular complexity index is 640. The molecule has 0 bridgehead atoms. The first kappa shape index (κ1) is 14.2. The topological polar surface area (TPSA) is 17.1 Å². The molecule has 98 valence electrons. The van der Waals surface area contributed by atoms with Gasteiger partial charge in [-0.3, -0.25) is 4.79 Å². The number of halogens is 3. The molecule has 2 rings (SSSR count). The summed E-state index contributed by atoms with van der Waals surface area (Å²) in [5.74, 6) is -0.562. The molecule has 0 radical (unpaired) electrons. The third kappa shape index (κ3) is 3.23. The molecule has 0 atom stereocenters. The Hall–Kier alpha value is -1.19. The fourth-order valence-corrected chi connectivity index (χ4v) is 2.40. The van der Waals surface area contributed by atoms with Gasteiger partial charge in [0.25, 0.3) is 0 Å². The molecule has 0 unspecified atom stereocenters. The van der Waals surface area contributed by atoms with Crippen molar-refractivity contribution in [3.63, 3.8) is 0 Å². The van der Waals surface area contributed by atoms with E-state index in [1.165, 1.54) is 12.1 Å². The van der Waals surface area contributed by atoms with Crippen LogP contribution in [0.5, 0.6) is 0 Å². The Morgan fingerprint density at radius 1 is 1.32 bits per heavy atom. The maximum Gasteiger partial charge on any atom is 0.168 e. The van der Waals surface area contributed by atoms with Gasteiger partial charge in [0, 0.05) is 16.5 Å². The average molecular weight is 342 g/mol. The van der Waals surface area contributed by atoms with E-state index in [0.717, 1.165) is 10.0 Å². The van der Waals surface area contributed by atoms with Gasteiger partial charge < -0.3 is 0 Å². The van der Waals surface area contributed by atoms with Gasteiger partial charge >= 0.3 is 0 Å². The van der Waals surface area contributed by atoms with Crippen molar-refractivity contribution < 1.29 is 9.18 Å². The number of hydrogen-bond donors (Lipinski definition) is 0. The van der Waals surface area contributed by atoms with Crippen LogP contribution in [-0.2, 0) is 6.42 Å². The van der Waals surface area contributed by atoms with Crippen LogP contribution in [0, 0.1) is 12.7 Å². The van der Waals surface area contributed by atoms with Crippen molar-refractivity contribution >= 4 is 33.3 Å². The SMILES string of the molecule is Cc1cccc(C(=O)Cc2ccc(Cl)c(F)c2)c1Br. The lowest BCUT2D eigenvalue weighted by atomic mass is 10.0. The first-order chi connectivity index (χ1) is 8.99. The van der Waals surface area contributed by atoms with Crippen LogP contribution in [0.25, 0.3) is 0 Å². The highest BCUT2D eigenvalue weighted by molar-refractivity contribution is 9.10. The minimum absolute atomic E-state index is 0.0581. The van der Waals surface area contributed by atoms with Crippen molar-refractivity contribution in [1.29, 1.82) is 0 Å². The number of rotatable bonds is 3. The minimum atomic E-state index is -0.504. The summed E-state index contributed by atoms with van der Waals surface area (Å²) in [6, 6.07) is 9.92. The lowest BCUT2D eigenvalue weighted by Crippen LogP contribution is -2.05. The monoisotopic (exact) mass is 340 g/mol. The summed E-state index contributed by atoms with van der Waals surface area (Å²) in [6.45, 7) is 1.92. The molecule has 1 nitrogen and oxygen atoms in total. The molecule has 4 heteroatoms. The van der Waals surface area contributed by atoms with E-state index in [-0.39, 0.29) is 17.2 Å². The largest absolute Gasteiger partial charge is 0.294 e. The van der Waals surface area contributed by atoms with Gasteiger partial charge in [-0.05, 0) is 46.1 Å². The molecule has 0 saturated carbocycles. The van der Waals surface area contributed by atoms with E-state index in [2.05, 4.69) is 15.9 Å². The van der Waals surface area contributed by atoms with E-state index in [9.17, 15) is 9.18 Å². The fourth-order valence-electron chi connectivity index (χ4n) is 1.79. The van der Waals surface area contributed by atoms with Gasteiger partial charge in [-0.2, -0.15) is 0 Å². The van der Waals surface area contributed by atoms with Gasteiger partial charge in [0.05, 0.1) is 5.02 Å². The highest BCUT2D eigenvalue weighted by atomic mass is 79.9. The molecule has 0 heterocycles. The van der Waals surface area contributed by atoms with Crippen LogP contribution in [0.2, 0.25) is 5.02 Å². The Balaban J connectivity index is 2.26. The van der Waals surface area contributed by atoms with Crippen LogP contribution in [0.4, 0.5) is 4.39 Å². The number of aryl methyl sites for hydroxylation is 1. The molecule has 2 aromatic rings. The first-order valence-corrected chi connectivity index (χ1v) is 6.88. The molecule has 0 aliphatic rings. The maximum atomic E-state index is 13.3. The van der Waals surface area contributed by atoms with Crippen molar-refractivity contribution in [2.75, 3.05) is 0 Å². The third-order valence-electron chi connectivity index (χ3n) is 2.84. The normalized spacial score (nSPS) is 10.5. The van der Waals surface area contributed by atoms with Crippen LogP contribution < -0.4 is 0 Å². The summed E-state index contributed by atoms with van der Waals surface area (Å²) in [6.07, 6.45) is 0.149. The Labute approximate surface area is 124 Å². The average Bonchev–Trinajstić information content (AvgIpc) is 2.37. The van der Waals surface area contributed by atoms with Crippen LogP contribution in [-0.4, -0.2) is 5.78 Å². The Morgan fingerprint density at radius 2 is 2.05 bits per heavy atom. The molecule has 0 fully saturated rings. The van der Waals surface area contributed by atoms with Gasteiger partial charge in [-0.15, -0.1) is 0 Å².